The molecule has 3 N–H and O–H groups in total. The van der Waals surface area contributed by atoms with Crippen molar-refractivity contribution in [3.8, 4) is 0 Å². The van der Waals surface area contributed by atoms with E-state index in [2.05, 4.69) is 20.6 Å². The summed E-state index contributed by atoms with van der Waals surface area (Å²) in [4.78, 5) is 8.78. The molecule has 1 aliphatic rings. The quantitative estimate of drug-likeness (QED) is 0.735. The lowest BCUT2D eigenvalue weighted by molar-refractivity contribution is -0.137. The van der Waals surface area contributed by atoms with Gasteiger partial charge >= 0.3 is 6.18 Å². The molecule has 0 unspecified atom stereocenters. The number of nitrogens with zero attached hydrogens (tertiary/aromatic N) is 2. The van der Waals surface area contributed by atoms with Crippen LogP contribution in [0, 0.1) is 0 Å². The minimum Gasteiger partial charge on any atom is -0.394 e. The Morgan fingerprint density at radius 2 is 1.88 bits per heavy atom. The van der Waals surface area contributed by atoms with E-state index in [9.17, 15) is 13.2 Å². The van der Waals surface area contributed by atoms with Gasteiger partial charge in [0.1, 0.15) is 5.82 Å². The Hall–Kier alpha value is -2.35. The van der Waals surface area contributed by atoms with Gasteiger partial charge in [-0.2, -0.15) is 18.2 Å². The molecule has 1 heterocycles. The average molecular weight is 352 g/mol. The Labute approximate surface area is 143 Å². The second-order valence-corrected chi connectivity index (χ2v) is 6.20. The van der Waals surface area contributed by atoms with Gasteiger partial charge in [-0.25, -0.2) is 4.98 Å². The first-order chi connectivity index (χ1) is 11.8. The predicted molar refractivity (Wildman–Crippen MR) is 88.9 cm³/mol. The maximum atomic E-state index is 12.6. The van der Waals surface area contributed by atoms with Crippen LogP contribution in [-0.4, -0.2) is 27.7 Å². The van der Waals surface area contributed by atoms with Gasteiger partial charge in [-0.05, 0) is 44.0 Å². The summed E-state index contributed by atoms with van der Waals surface area (Å²) in [6, 6.07) is 6.39. The molecule has 1 saturated carbocycles. The molecule has 3 rings (SSSR count). The van der Waals surface area contributed by atoms with Gasteiger partial charge in [0, 0.05) is 23.7 Å². The van der Waals surface area contributed by atoms with Crippen LogP contribution in [0.25, 0.3) is 0 Å². The third-order valence-corrected chi connectivity index (χ3v) is 3.88. The molecule has 0 spiro atoms. The van der Waals surface area contributed by atoms with Crippen molar-refractivity contribution in [2.75, 3.05) is 17.2 Å². The molecule has 1 aromatic heterocycles. The third-order valence-electron chi connectivity index (χ3n) is 3.88. The molecular weight excluding hydrogens is 333 g/mol. The molecule has 0 bridgehead atoms. The van der Waals surface area contributed by atoms with E-state index in [-0.39, 0.29) is 12.6 Å². The van der Waals surface area contributed by atoms with Gasteiger partial charge in [-0.1, -0.05) is 0 Å². The van der Waals surface area contributed by atoms with Crippen molar-refractivity contribution in [3.63, 3.8) is 0 Å². The molecular formula is C17H19F3N4O. The number of nitrogens with one attached hydrogen (secondary N) is 2. The van der Waals surface area contributed by atoms with Gasteiger partial charge in [0.2, 0.25) is 5.95 Å². The minimum absolute atomic E-state index is 0.0569. The van der Waals surface area contributed by atoms with Crippen molar-refractivity contribution in [2.24, 2.45) is 0 Å². The molecule has 0 saturated heterocycles. The standard InChI is InChI=1S/C17H19F3N4O/c1-10(9-25)21-16-23-14(11-2-3-11)8-15(24-16)22-13-6-4-12(5-7-13)17(18,19)20/h4-8,10-11,25H,2-3,9H2,1H3,(H2,21,22,23,24)/t10-/m0/s1. The molecule has 8 heteroatoms. The first-order valence-electron chi connectivity index (χ1n) is 8.06. The summed E-state index contributed by atoms with van der Waals surface area (Å²) < 4.78 is 37.9. The normalized spacial score (nSPS) is 15.7. The maximum absolute atomic E-state index is 12.6. The Kier molecular flexibility index (Phi) is 4.80. The van der Waals surface area contributed by atoms with Crippen LogP contribution in [0.3, 0.4) is 0 Å². The molecule has 0 radical (unpaired) electrons. The highest BCUT2D eigenvalue weighted by atomic mass is 19.4. The van der Waals surface area contributed by atoms with Crippen molar-refractivity contribution in [1.29, 1.82) is 0 Å². The highest BCUT2D eigenvalue weighted by molar-refractivity contribution is 5.58. The molecule has 25 heavy (non-hydrogen) atoms. The highest BCUT2D eigenvalue weighted by Crippen LogP contribution is 2.40. The van der Waals surface area contributed by atoms with Gasteiger partial charge in [-0.15, -0.1) is 0 Å². The molecule has 1 atom stereocenters. The SMILES string of the molecule is C[C@@H](CO)Nc1nc(Nc2ccc(C(F)(F)F)cc2)cc(C2CC2)n1. The summed E-state index contributed by atoms with van der Waals surface area (Å²) in [6.07, 6.45) is -2.23. The molecule has 1 aliphatic carbocycles. The zero-order valence-corrected chi connectivity index (χ0v) is 13.6. The summed E-state index contributed by atoms with van der Waals surface area (Å²) in [5, 5.41) is 15.2. The van der Waals surface area contributed by atoms with Crippen LogP contribution in [-0.2, 0) is 6.18 Å². The van der Waals surface area contributed by atoms with Gasteiger partial charge in [0.05, 0.1) is 17.9 Å². The minimum atomic E-state index is -4.36. The van der Waals surface area contributed by atoms with Crippen LogP contribution in [0.5, 0.6) is 0 Å². The van der Waals surface area contributed by atoms with Crippen molar-refractivity contribution in [1.82, 2.24) is 9.97 Å². The number of aliphatic hydroxyl groups is 1. The number of anilines is 3. The zero-order valence-electron chi connectivity index (χ0n) is 13.6. The molecule has 0 amide bonds. The van der Waals surface area contributed by atoms with E-state index >= 15 is 0 Å². The van der Waals surface area contributed by atoms with Crippen LogP contribution in [0.4, 0.5) is 30.6 Å². The fraction of sp³-hybridized carbons (Fsp3) is 0.412. The first kappa shape index (κ1) is 17.5. The number of aliphatic hydroxyl groups excluding tert-OH is 1. The Bertz CT molecular complexity index is 730. The van der Waals surface area contributed by atoms with E-state index in [1.54, 1.807) is 6.92 Å². The molecule has 5 nitrogen and oxygen atoms in total. The predicted octanol–water partition coefficient (Wildman–Crippen LogP) is 3.91. The van der Waals surface area contributed by atoms with Crippen LogP contribution in [0.15, 0.2) is 30.3 Å². The third kappa shape index (κ3) is 4.60. The van der Waals surface area contributed by atoms with Crippen molar-refractivity contribution < 1.29 is 18.3 Å². The highest BCUT2D eigenvalue weighted by Gasteiger charge is 2.30. The molecule has 0 aliphatic heterocycles. The number of rotatable bonds is 6. The average Bonchev–Trinajstić information content (AvgIpc) is 3.39. The van der Waals surface area contributed by atoms with Gasteiger partial charge in [0.25, 0.3) is 0 Å². The van der Waals surface area contributed by atoms with Crippen molar-refractivity contribution in [3.05, 3.63) is 41.6 Å². The van der Waals surface area contributed by atoms with E-state index < -0.39 is 11.7 Å². The van der Waals surface area contributed by atoms with Crippen LogP contribution >= 0.6 is 0 Å². The largest absolute Gasteiger partial charge is 0.416 e. The summed E-state index contributed by atoms with van der Waals surface area (Å²) in [5.41, 5.74) is 0.699. The maximum Gasteiger partial charge on any atom is 0.416 e. The van der Waals surface area contributed by atoms with Gasteiger partial charge in [0.15, 0.2) is 0 Å². The van der Waals surface area contributed by atoms with E-state index in [0.29, 0.717) is 23.4 Å². The summed E-state index contributed by atoms with van der Waals surface area (Å²) in [6.45, 7) is 1.74. The Morgan fingerprint density at radius 3 is 2.44 bits per heavy atom. The number of hydrogen-bond acceptors (Lipinski definition) is 5. The monoisotopic (exact) mass is 352 g/mol. The number of hydrogen-bond donors (Lipinski definition) is 3. The number of alkyl halides is 3. The summed E-state index contributed by atoms with van der Waals surface area (Å²) in [7, 11) is 0. The Balaban J connectivity index is 1.81. The smallest absolute Gasteiger partial charge is 0.394 e. The lowest BCUT2D eigenvalue weighted by Gasteiger charge is -2.14. The van der Waals surface area contributed by atoms with E-state index in [4.69, 9.17) is 5.11 Å². The topological polar surface area (TPSA) is 70.1 Å². The van der Waals surface area contributed by atoms with Crippen LogP contribution < -0.4 is 10.6 Å². The second kappa shape index (κ2) is 6.87. The zero-order chi connectivity index (χ0) is 18.0. The second-order valence-electron chi connectivity index (χ2n) is 6.20. The van der Waals surface area contributed by atoms with Crippen LogP contribution in [0.1, 0.15) is 36.9 Å². The van der Waals surface area contributed by atoms with E-state index in [1.807, 2.05) is 6.07 Å². The first-order valence-corrected chi connectivity index (χ1v) is 8.06. The fourth-order valence-corrected chi connectivity index (χ4v) is 2.34. The van der Waals surface area contributed by atoms with Crippen molar-refractivity contribution in [2.45, 2.75) is 37.9 Å². The number of benzene rings is 1. The molecule has 134 valence electrons. The molecule has 2 aromatic rings. The summed E-state index contributed by atoms with van der Waals surface area (Å²) in [5.74, 6) is 1.28. The van der Waals surface area contributed by atoms with E-state index in [0.717, 1.165) is 30.7 Å². The van der Waals surface area contributed by atoms with Gasteiger partial charge in [-0.3, -0.25) is 0 Å². The van der Waals surface area contributed by atoms with Crippen LogP contribution in [0.2, 0.25) is 0 Å². The lowest BCUT2D eigenvalue weighted by atomic mass is 10.2. The fourth-order valence-electron chi connectivity index (χ4n) is 2.34. The Morgan fingerprint density at radius 1 is 1.20 bits per heavy atom. The number of aromatic nitrogens is 2. The lowest BCUT2D eigenvalue weighted by Crippen LogP contribution is -2.21. The van der Waals surface area contributed by atoms with Crippen molar-refractivity contribution >= 4 is 17.5 Å². The number of halogens is 3. The summed E-state index contributed by atoms with van der Waals surface area (Å²) >= 11 is 0. The molecule has 1 aromatic carbocycles. The van der Waals surface area contributed by atoms with Gasteiger partial charge < -0.3 is 15.7 Å². The molecule has 1 fully saturated rings. The van der Waals surface area contributed by atoms with E-state index in [1.165, 1.54) is 12.1 Å².